The Bertz CT molecular complexity index is 542. The first-order valence-corrected chi connectivity index (χ1v) is 6.27. The number of ether oxygens (including phenoxy) is 1. The number of aliphatic carboxylic acids is 1. The van der Waals surface area contributed by atoms with Gasteiger partial charge in [0.15, 0.2) is 5.54 Å². The van der Waals surface area contributed by atoms with E-state index in [1.54, 1.807) is 37.3 Å². The molecule has 1 heterocycles. The number of carbonyl (C=O) groups excluding carboxylic acids is 3. The number of hydrogen-bond acceptors (Lipinski definition) is 5. The van der Waals surface area contributed by atoms with E-state index >= 15 is 0 Å². The van der Waals surface area contributed by atoms with Crippen LogP contribution in [0, 0.1) is 0 Å². The van der Waals surface area contributed by atoms with Crippen molar-refractivity contribution in [2.24, 2.45) is 0 Å². The van der Waals surface area contributed by atoms with E-state index in [1.165, 1.54) is 0 Å². The quantitative estimate of drug-likeness (QED) is 0.582. The van der Waals surface area contributed by atoms with Crippen LogP contribution in [0.15, 0.2) is 30.3 Å². The molecule has 2 rings (SSSR count). The summed E-state index contributed by atoms with van der Waals surface area (Å²) in [6.45, 7) is 1.58. The molecule has 0 unspecified atom stereocenters. The molecule has 0 bridgehead atoms. The normalized spacial score (nSPS) is 25.1. The van der Waals surface area contributed by atoms with Crippen molar-refractivity contribution in [2.45, 2.75) is 24.8 Å². The molecule has 0 spiro atoms. The summed E-state index contributed by atoms with van der Waals surface area (Å²) in [5, 5.41) is 13.8. The molecule has 20 heavy (non-hydrogen) atoms. The fourth-order valence-electron chi connectivity index (χ4n) is 2.46. The van der Waals surface area contributed by atoms with E-state index in [2.05, 4.69) is 5.32 Å². The van der Waals surface area contributed by atoms with Crippen molar-refractivity contribution in [3.8, 4) is 0 Å². The molecule has 0 saturated carbocycles. The first-order chi connectivity index (χ1) is 9.52. The van der Waals surface area contributed by atoms with E-state index in [9.17, 15) is 19.5 Å². The van der Waals surface area contributed by atoms with Crippen LogP contribution in [0.5, 0.6) is 0 Å². The third kappa shape index (κ3) is 2.13. The Hall–Kier alpha value is -2.37. The number of benzene rings is 1. The van der Waals surface area contributed by atoms with Crippen LogP contribution in [0.25, 0.3) is 0 Å². The summed E-state index contributed by atoms with van der Waals surface area (Å²) in [5.74, 6) is -4.02. The molecule has 1 aromatic rings. The molecular weight excluding hydrogens is 262 g/mol. The van der Waals surface area contributed by atoms with Gasteiger partial charge in [0.05, 0.1) is 12.6 Å². The highest BCUT2D eigenvalue weighted by Crippen LogP contribution is 2.37. The topological polar surface area (TPSA) is 95.5 Å². The Kier molecular flexibility index (Phi) is 3.74. The van der Waals surface area contributed by atoms with E-state index in [4.69, 9.17) is 4.74 Å². The first-order valence-electron chi connectivity index (χ1n) is 6.27. The Morgan fingerprint density at radius 1 is 1.40 bits per heavy atom. The highest BCUT2D eigenvalue weighted by molar-refractivity contribution is 6.10. The van der Waals surface area contributed by atoms with Gasteiger partial charge in [-0.05, 0) is 12.5 Å². The number of nitrogens with one attached hydrogen (secondary N) is 1. The van der Waals surface area contributed by atoms with Gasteiger partial charge in [-0.25, -0.2) is 4.79 Å². The average Bonchev–Trinajstić information content (AvgIpc) is 2.79. The van der Waals surface area contributed by atoms with Gasteiger partial charge in [-0.2, -0.15) is 0 Å². The molecule has 6 heteroatoms. The van der Waals surface area contributed by atoms with Crippen LogP contribution in [0.3, 0.4) is 0 Å². The number of amides is 1. The van der Waals surface area contributed by atoms with E-state index in [0.717, 1.165) is 0 Å². The van der Waals surface area contributed by atoms with Crippen molar-refractivity contribution in [2.75, 3.05) is 6.61 Å². The number of esters is 1. The molecule has 1 N–H and O–H groups in total. The summed E-state index contributed by atoms with van der Waals surface area (Å²) >= 11 is 0. The molecular formula is C14H14NO5-. The standard InChI is InChI=1S/C14H15NO5/c1-2-20-13(19)14(12(17)18)10(8-11(16)15-14)9-6-4-3-5-7-9/h3-7,10H,2,8H2,1H3,(H,15,16)(H,17,18)/p-1/t10-,14+/m1/s1. The lowest BCUT2D eigenvalue weighted by molar-refractivity contribution is -0.313. The largest absolute Gasteiger partial charge is 0.547 e. The maximum atomic E-state index is 12.1. The third-order valence-electron chi connectivity index (χ3n) is 3.37. The lowest BCUT2D eigenvalue weighted by Crippen LogP contribution is -2.64. The molecule has 1 aliphatic heterocycles. The van der Waals surface area contributed by atoms with Gasteiger partial charge in [0, 0.05) is 12.3 Å². The molecule has 106 valence electrons. The van der Waals surface area contributed by atoms with Crippen molar-refractivity contribution in [3.63, 3.8) is 0 Å². The monoisotopic (exact) mass is 276 g/mol. The lowest BCUT2D eigenvalue weighted by atomic mass is 9.80. The number of carbonyl (C=O) groups is 3. The molecule has 2 atom stereocenters. The van der Waals surface area contributed by atoms with E-state index < -0.39 is 29.3 Å². The maximum absolute atomic E-state index is 12.1. The third-order valence-corrected chi connectivity index (χ3v) is 3.37. The molecule has 0 radical (unpaired) electrons. The minimum atomic E-state index is -2.16. The van der Waals surface area contributed by atoms with Crippen LogP contribution in [-0.4, -0.2) is 30.0 Å². The van der Waals surface area contributed by atoms with Crippen molar-refractivity contribution in [3.05, 3.63) is 35.9 Å². The van der Waals surface area contributed by atoms with E-state index in [-0.39, 0.29) is 13.0 Å². The number of carboxylic acids is 1. The molecule has 0 aromatic heterocycles. The summed E-state index contributed by atoms with van der Waals surface area (Å²) in [6.07, 6.45) is -0.100. The van der Waals surface area contributed by atoms with Gasteiger partial charge < -0.3 is 20.0 Å². The second-order valence-corrected chi connectivity index (χ2v) is 4.53. The van der Waals surface area contributed by atoms with Crippen molar-refractivity contribution < 1.29 is 24.2 Å². The zero-order chi connectivity index (χ0) is 14.8. The summed E-state index contributed by atoms with van der Waals surface area (Å²) in [6, 6.07) is 8.52. The Labute approximate surface area is 115 Å². The predicted molar refractivity (Wildman–Crippen MR) is 66.3 cm³/mol. The van der Waals surface area contributed by atoms with E-state index in [1.807, 2.05) is 0 Å². The number of rotatable bonds is 4. The summed E-state index contributed by atoms with van der Waals surface area (Å²) in [4.78, 5) is 35.3. The molecule has 6 nitrogen and oxygen atoms in total. The molecule has 1 fully saturated rings. The molecule has 1 saturated heterocycles. The maximum Gasteiger partial charge on any atom is 0.338 e. The van der Waals surface area contributed by atoms with Crippen LogP contribution in [0.2, 0.25) is 0 Å². The Balaban J connectivity index is 2.50. The molecule has 0 aliphatic carbocycles. The first kappa shape index (κ1) is 14.0. The Morgan fingerprint density at radius 3 is 2.60 bits per heavy atom. The summed E-state index contributed by atoms with van der Waals surface area (Å²) in [5.41, 5.74) is -1.59. The zero-order valence-corrected chi connectivity index (χ0v) is 10.9. The van der Waals surface area contributed by atoms with E-state index in [0.29, 0.717) is 5.56 Å². The number of hydrogen-bond donors (Lipinski definition) is 1. The van der Waals surface area contributed by atoms with Crippen molar-refractivity contribution in [1.82, 2.24) is 5.32 Å². The minimum Gasteiger partial charge on any atom is -0.547 e. The fraction of sp³-hybridized carbons (Fsp3) is 0.357. The zero-order valence-electron chi connectivity index (χ0n) is 10.9. The van der Waals surface area contributed by atoms with Crippen LogP contribution in [0.1, 0.15) is 24.8 Å². The Morgan fingerprint density at radius 2 is 2.05 bits per heavy atom. The molecule has 1 amide bonds. The second-order valence-electron chi connectivity index (χ2n) is 4.53. The smallest absolute Gasteiger partial charge is 0.338 e. The highest BCUT2D eigenvalue weighted by Gasteiger charge is 2.55. The SMILES string of the molecule is CCOC(=O)[C@]1(C(=O)[O-])NC(=O)C[C@@H]1c1ccccc1. The van der Waals surface area contributed by atoms with Gasteiger partial charge >= 0.3 is 5.97 Å². The van der Waals surface area contributed by atoms with Gasteiger partial charge in [-0.15, -0.1) is 0 Å². The van der Waals surface area contributed by atoms with Gasteiger partial charge in [0.1, 0.15) is 0 Å². The summed E-state index contributed by atoms with van der Waals surface area (Å²) in [7, 11) is 0. The average molecular weight is 276 g/mol. The minimum absolute atomic E-state index is 0.0191. The lowest BCUT2D eigenvalue weighted by Gasteiger charge is -2.33. The van der Waals surface area contributed by atoms with Crippen LogP contribution >= 0.6 is 0 Å². The predicted octanol–water partition coefficient (Wildman–Crippen LogP) is -0.658. The van der Waals surface area contributed by atoms with Gasteiger partial charge in [0.2, 0.25) is 5.91 Å². The van der Waals surface area contributed by atoms with Crippen molar-refractivity contribution in [1.29, 1.82) is 0 Å². The molecule has 1 aliphatic rings. The molecule has 1 aromatic carbocycles. The highest BCUT2D eigenvalue weighted by atomic mass is 16.5. The van der Waals surface area contributed by atoms with Crippen LogP contribution < -0.4 is 10.4 Å². The number of carboxylic acid groups (broad SMARTS) is 1. The van der Waals surface area contributed by atoms with Crippen LogP contribution in [-0.2, 0) is 19.1 Å². The van der Waals surface area contributed by atoms with Crippen molar-refractivity contribution >= 4 is 17.8 Å². The van der Waals surface area contributed by atoms with Gasteiger partial charge in [0.25, 0.3) is 0 Å². The van der Waals surface area contributed by atoms with Gasteiger partial charge in [-0.3, -0.25) is 4.79 Å². The second kappa shape index (κ2) is 5.32. The van der Waals surface area contributed by atoms with Crippen LogP contribution in [0.4, 0.5) is 0 Å². The fourth-order valence-corrected chi connectivity index (χ4v) is 2.46. The summed E-state index contributed by atoms with van der Waals surface area (Å²) < 4.78 is 4.82. The van der Waals surface area contributed by atoms with Gasteiger partial charge in [-0.1, -0.05) is 30.3 Å².